The van der Waals surface area contributed by atoms with Gasteiger partial charge in [0, 0.05) is 27.3 Å². The van der Waals surface area contributed by atoms with E-state index in [1.807, 2.05) is 6.92 Å². The van der Waals surface area contributed by atoms with Crippen molar-refractivity contribution < 1.29 is 9.59 Å². The minimum absolute atomic E-state index is 0.0552. The number of hydrogen-bond acceptors (Lipinski definition) is 2. The van der Waals surface area contributed by atoms with Gasteiger partial charge in [0.05, 0.1) is 0 Å². The molecule has 0 bridgehead atoms. The first-order valence-corrected chi connectivity index (χ1v) is 11.8. The maximum atomic E-state index is 13.7. The molecular weight excluding hydrogens is 455 g/mol. The summed E-state index contributed by atoms with van der Waals surface area (Å²) in [6.07, 6.45) is 4.23. The summed E-state index contributed by atoms with van der Waals surface area (Å²) in [5, 5.41) is 4.10. The van der Waals surface area contributed by atoms with E-state index in [0.29, 0.717) is 32.8 Å². The van der Waals surface area contributed by atoms with E-state index in [9.17, 15) is 9.59 Å². The van der Waals surface area contributed by atoms with Crippen LogP contribution in [0, 0.1) is 12.8 Å². The molecule has 31 heavy (non-hydrogen) atoms. The molecule has 0 radical (unpaired) electrons. The van der Waals surface area contributed by atoms with Crippen LogP contribution in [-0.4, -0.2) is 23.7 Å². The highest BCUT2D eigenvalue weighted by Crippen LogP contribution is 2.36. The smallest absolute Gasteiger partial charge is 0.248 e. The van der Waals surface area contributed by atoms with Gasteiger partial charge < -0.3 is 5.32 Å². The molecule has 3 atom stereocenters. The van der Waals surface area contributed by atoms with Gasteiger partial charge in [-0.1, -0.05) is 67.2 Å². The number of carbonyl (C=O) groups excluding carboxylic acids is 2. The van der Waals surface area contributed by atoms with Crippen LogP contribution in [0.4, 0.5) is 5.69 Å². The normalized spacial score (nSPS) is 19.5. The van der Waals surface area contributed by atoms with Gasteiger partial charge in [0.15, 0.2) is 0 Å². The Labute approximate surface area is 198 Å². The zero-order chi connectivity index (χ0) is 22.5. The number of amides is 2. The van der Waals surface area contributed by atoms with Crippen LogP contribution in [0.5, 0.6) is 0 Å². The van der Waals surface area contributed by atoms with Gasteiger partial charge in [0.2, 0.25) is 11.8 Å². The van der Waals surface area contributed by atoms with Crippen molar-refractivity contribution in [2.75, 3.05) is 10.8 Å². The SMILES string of the molecule is Cc1c(Cl)cccc1N(C(=O)CCl)[C@H](C(=O)N[C@H]1CCCC[C@@H]1C)c1ccccc1Cl. The number of nitrogens with zero attached hydrogens (tertiary/aromatic N) is 1. The lowest BCUT2D eigenvalue weighted by Gasteiger charge is -2.36. The lowest BCUT2D eigenvalue weighted by molar-refractivity contribution is -0.126. The Morgan fingerprint density at radius 1 is 1.06 bits per heavy atom. The summed E-state index contributed by atoms with van der Waals surface area (Å²) in [4.78, 5) is 28.2. The van der Waals surface area contributed by atoms with E-state index >= 15 is 0 Å². The molecule has 1 N–H and O–H groups in total. The Hall–Kier alpha value is -1.75. The molecule has 1 aliphatic rings. The first kappa shape index (κ1) is 23.9. The average molecular weight is 482 g/mol. The van der Waals surface area contributed by atoms with Crippen LogP contribution in [0.1, 0.15) is 49.8 Å². The Morgan fingerprint density at radius 3 is 2.42 bits per heavy atom. The first-order valence-electron chi connectivity index (χ1n) is 10.5. The molecule has 1 aliphatic carbocycles. The molecule has 2 amide bonds. The van der Waals surface area contributed by atoms with Gasteiger partial charge in [-0.2, -0.15) is 0 Å². The van der Waals surface area contributed by atoms with Crippen molar-refractivity contribution in [2.24, 2.45) is 5.92 Å². The maximum absolute atomic E-state index is 13.7. The summed E-state index contributed by atoms with van der Waals surface area (Å²) in [7, 11) is 0. The zero-order valence-electron chi connectivity index (χ0n) is 17.7. The van der Waals surface area contributed by atoms with E-state index in [1.165, 1.54) is 11.3 Å². The van der Waals surface area contributed by atoms with Crippen LogP contribution in [-0.2, 0) is 9.59 Å². The van der Waals surface area contributed by atoms with Gasteiger partial charge in [-0.15, -0.1) is 11.6 Å². The summed E-state index contributed by atoms with van der Waals surface area (Å²) in [6, 6.07) is 11.4. The molecule has 0 aliphatic heterocycles. The van der Waals surface area contributed by atoms with Gasteiger partial charge in [-0.3, -0.25) is 14.5 Å². The first-order chi connectivity index (χ1) is 14.8. The Morgan fingerprint density at radius 2 is 1.74 bits per heavy atom. The molecule has 0 saturated heterocycles. The Kier molecular flexibility index (Phi) is 8.26. The van der Waals surface area contributed by atoms with Crippen molar-refractivity contribution in [1.82, 2.24) is 5.32 Å². The number of carbonyl (C=O) groups is 2. The van der Waals surface area contributed by atoms with Crippen LogP contribution in [0.3, 0.4) is 0 Å². The summed E-state index contributed by atoms with van der Waals surface area (Å²) >= 11 is 18.8. The van der Waals surface area contributed by atoms with E-state index in [1.54, 1.807) is 42.5 Å². The molecule has 166 valence electrons. The van der Waals surface area contributed by atoms with Crippen LogP contribution in [0.2, 0.25) is 10.0 Å². The number of halogens is 3. The topological polar surface area (TPSA) is 49.4 Å². The van der Waals surface area contributed by atoms with Gasteiger partial charge in [0.25, 0.3) is 0 Å². The van der Waals surface area contributed by atoms with Crippen molar-refractivity contribution in [3.63, 3.8) is 0 Å². The average Bonchev–Trinajstić information content (AvgIpc) is 2.76. The van der Waals surface area contributed by atoms with Crippen molar-refractivity contribution in [3.8, 4) is 0 Å². The third-order valence-corrected chi connectivity index (χ3v) is 7.01. The number of rotatable bonds is 6. The predicted octanol–water partition coefficient (Wildman–Crippen LogP) is 6.31. The molecule has 1 saturated carbocycles. The molecule has 3 rings (SSSR count). The Balaban J connectivity index is 2.10. The standard InChI is InChI=1S/C24H27Cl3N2O2/c1-15-8-3-6-12-20(15)28-24(31)23(17-9-4-5-10-19(17)27)29(22(30)14-25)21-13-7-11-18(26)16(21)2/h4-5,7,9-11,13,15,20,23H,3,6,8,12,14H2,1-2H3,(H,28,31)/t15-,20-,23-/m0/s1. The summed E-state index contributed by atoms with van der Waals surface area (Å²) in [5.41, 5.74) is 1.77. The minimum Gasteiger partial charge on any atom is -0.351 e. The molecular formula is C24H27Cl3N2O2. The fourth-order valence-corrected chi connectivity index (χ4v) is 4.76. The fourth-order valence-electron chi connectivity index (χ4n) is 4.23. The van der Waals surface area contributed by atoms with Crippen LogP contribution in [0.25, 0.3) is 0 Å². The Bertz CT molecular complexity index is 950. The van der Waals surface area contributed by atoms with Crippen molar-refractivity contribution >= 4 is 52.3 Å². The molecule has 7 heteroatoms. The van der Waals surface area contributed by atoms with E-state index in [2.05, 4.69) is 12.2 Å². The van der Waals surface area contributed by atoms with Crippen molar-refractivity contribution in [1.29, 1.82) is 0 Å². The number of benzene rings is 2. The predicted molar refractivity (Wildman–Crippen MR) is 128 cm³/mol. The maximum Gasteiger partial charge on any atom is 0.248 e. The quantitative estimate of drug-likeness (QED) is 0.491. The minimum atomic E-state index is -0.966. The summed E-state index contributed by atoms with van der Waals surface area (Å²) < 4.78 is 0. The van der Waals surface area contributed by atoms with Crippen LogP contribution in [0.15, 0.2) is 42.5 Å². The fraction of sp³-hybridized carbons (Fsp3) is 0.417. The van der Waals surface area contributed by atoms with Crippen molar-refractivity contribution in [3.05, 3.63) is 63.6 Å². The number of anilines is 1. The van der Waals surface area contributed by atoms with Gasteiger partial charge in [-0.05, 0) is 49.4 Å². The monoisotopic (exact) mass is 480 g/mol. The van der Waals surface area contributed by atoms with Crippen molar-refractivity contribution in [2.45, 2.75) is 51.6 Å². The molecule has 4 nitrogen and oxygen atoms in total. The van der Waals surface area contributed by atoms with Gasteiger partial charge >= 0.3 is 0 Å². The van der Waals surface area contributed by atoms with E-state index in [0.717, 1.165) is 19.3 Å². The molecule has 2 aromatic carbocycles. The number of nitrogens with one attached hydrogen (secondary N) is 1. The summed E-state index contributed by atoms with van der Waals surface area (Å²) in [5.74, 6) is -0.580. The third-order valence-electron chi connectivity index (χ3n) is 6.03. The summed E-state index contributed by atoms with van der Waals surface area (Å²) in [6.45, 7) is 3.97. The van der Waals surface area contributed by atoms with Gasteiger partial charge in [-0.25, -0.2) is 0 Å². The molecule has 0 aromatic heterocycles. The largest absolute Gasteiger partial charge is 0.351 e. The second-order valence-corrected chi connectivity index (χ2v) is 9.16. The van der Waals surface area contributed by atoms with Crippen LogP contribution < -0.4 is 10.2 Å². The second kappa shape index (κ2) is 10.7. The molecule has 0 unspecified atom stereocenters. The lowest BCUT2D eigenvalue weighted by atomic mass is 9.85. The number of alkyl halides is 1. The molecule has 0 spiro atoms. The highest BCUT2D eigenvalue weighted by molar-refractivity contribution is 6.33. The second-order valence-electron chi connectivity index (χ2n) is 8.08. The number of hydrogen-bond donors (Lipinski definition) is 1. The zero-order valence-corrected chi connectivity index (χ0v) is 20.0. The van der Waals surface area contributed by atoms with E-state index in [4.69, 9.17) is 34.8 Å². The molecule has 0 heterocycles. The molecule has 1 fully saturated rings. The van der Waals surface area contributed by atoms with E-state index < -0.39 is 11.9 Å². The van der Waals surface area contributed by atoms with E-state index in [-0.39, 0.29) is 17.8 Å². The van der Waals surface area contributed by atoms with Crippen LogP contribution >= 0.6 is 34.8 Å². The highest BCUT2D eigenvalue weighted by atomic mass is 35.5. The van der Waals surface area contributed by atoms with Gasteiger partial charge in [0.1, 0.15) is 11.9 Å². The third kappa shape index (κ3) is 5.36. The highest BCUT2D eigenvalue weighted by Gasteiger charge is 2.36. The lowest BCUT2D eigenvalue weighted by Crippen LogP contribution is -2.49. The molecule has 2 aromatic rings.